The monoisotopic (exact) mass is 215 g/mol. The summed E-state index contributed by atoms with van der Waals surface area (Å²) < 4.78 is 4.87. The highest BCUT2D eigenvalue weighted by molar-refractivity contribution is 5.81. The molecule has 15 heavy (non-hydrogen) atoms. The second-order valence-electron chi connectivity index (χ2n) is 3.79. The van der Waals surface area contributed by atoms with E-state index in [0.29, 0.717) is 6.61 Å². The summed E-state index contributed by atoms with van der Waals surface area (Å²) in [4.78, 5) is 22.1. The van der Waals surface area contributed by atoms with Gasteiger partial charge in [0.25, 0.3) is 0 Å². The van der Waals surface area contributed by atoms with Crippen molar-refractivity contribution < 1.29 is 19.4 Å². The van der Waals surface area contributed by atoms with Gasteiger partial charge in [0.15, 0.2) is 0 Å². The smallest absolute Gasteiger partial charge is 0.320 e. The molecule has 3 N–H and O–H groups in total. The molecule has 1 aliphatic carbocycles. The lowest BCUT2D eigenvalue weighted by Crippen LogP contribution is -2.34. The van der Waals surface area contributed by atoms with Crippen molar-refractivity contribution in [3.05, 3.63) is 0 Å². The van der Waals surface area contributed by atoms with Gasteiger partial charge in [0.1, 0.15) is 6.04 Å². The van der Waals surface area contributed by atoms with Gasteiger partial charge in [-0.05, 0) is 12.8 Å². The molecule has 0 amide bonds. The number of ether oxygens (including phenoxy) is 1. The van der Waals surface area contributed by atoms with Crippen LogP contribution in [0, 0.1) is 17.8 Å². The molecule has 86 valence electrons. The highest BCUT2D eigenvalue weighted by Crippen LogP contribution is 2.50. The average molecular weight is 215 g/mol. The number of hydrogen-bond acceptors (Lipinski definition) is 4. The zero-order chi connectivity index (χ0) is 11.6. The molecule has 5 heteroatoms. The summed E-state index contributed by atoms with van der Waals surface area (Å²) >= 11 is 0. The lowest BCUT2D eigenvalue weighted by Gasteiger charge is -2.04. The van der Waals surface area contributed by atoms with Gasteiger partial charge in [0, 0.05) is 5.92 Å². The second kappa shape index (κ2) is 4.61. The fraction of sp³-hybridized carbons (Fsp3) is 0.800. The molecule has 1 saturated carbocycles. The number of carbonyl (C=O) groups excluding carboxylic acids is 1. The van der Waals surface area contributed by atoms with Crippen LogP contribution in [0.3, 0.4) is 0 Å². The quantitative estimate of drug-likeness (QED) is 0.641. The van der Waals surface area contributed by atoms with Crippen molar-refractivity contribution in [2.45, 2.75) is 26.3 Å². The zero-order valence-corrected chi connectivity index (χ0v) is 8.97. The SMILES string of the molecule is CCOC(=O)[C@@H]1[C@H](CC)[C@H]1[C@H](N)C(=O)O. The number of aliphatic carboxylic acids is 1. The highest BCUT2D eigenvalue weighted by Gasteiger charge is 2.58. The first-order valence-electron chi connectivity index (χ1n) is 5.19. The first kappa shape index (κ1) is 12.0. The fourth-order valence-corrected chi connectivity index (χ4v) is 2.15. The van der Waals surface area contributed by atoms with Crippen LogP contribution in [0.15, 0.2) is 0 Å². The number of esters is 1. The van der Waals surface area contributed by atoms with Crippen molar-refractivity contribution in [3.63, 3.8) is 0 Å². The number of hydrogen-bond donors (Lipinski definition) is 2. The van der Waals surface area contributed by atoms with Gasteiger partial charge in [-0.25, -0.2) is 0 Å². The number of rotatable bonds is 5. The molecular formula is C10H17NO4. The van der Waals surface area contributed by atoms with Crippen molar-refractivity contribution in [2.24, 2.45) is 23.5 Å². The van der Waals surface area contributed by atoms with Gasteiger partial charge in [0.2, 0.25) is 0 Å². The van der Waals surface area contributed by atoms with E-state index in [2.05, 4.69) is 0 Å². The summed E-state index contributed by atoms with van der Waals surface area (Å²) in [5, 5.41) is 8.76. The van der Waals surface area contributed by atoms with Crippen molar-refractivity contribution in [2.75, 3.05) is 6.61 Å². The Bertz CT molecular complexity index is 266. The molecule has 4 atom stereocenters. The van der Waals surface area contributed by atoms with Crippen LogP contribution >= 0.6 is 0 Å². The van der Waals surface area contributed by atoms with Crippen LogP contribution < -0.4 is 5.73 Å². The molecule has 5 nitrogen and oxygen atoms in total. The van der Waals surface area contributed by atoms with Gasteiger partial charge in [-0.1, -0.05) is 13.3 Å². The van der Waals surface area contributed by atoms with Crippen LogP contribution in [0.25, 0.3) is 0 Å². The number of carboxylic acids is 1. The highest BCUT2D eigenvalue weighted by atomic mass is 16.5. The fourth-order valence-electron chi connectivity index (χ4n) is 2.15. The Morgan fingerprint density at radius 1 is 1.47 bits per heavy atom. The largest absolute Gasteiger partial charge is 0.480 e. The normalized spacial score (nSPS) is 30.7. The van der Waals surface area contributed by atoms with Crippen LogP contribution in [0.5, 0.6) is 0 Å². The first-order chi connectivity index (χ1) is 7.04. The summed E-state index contributed by atoms with van der Waals surface area (Å²) in [6.45, 7) is 3.97. The third-order valence-electron chi connectivity index (χ3n) is 2.96. The molecule has 1 rings (SSSR count). The summed E-state index contributed by atoms with van der Waals surface area (Å²) in [5.74, 6) is -1.88. The van der Waals surface area contributed by atoms with Gasteiger partial charge in [-0.15, -0.1) is 0 Å². The Labute approximate surface area is 88.6 Å². The molecule has 1 fully saturated rings. The van der Waals surface area contributed by atoms with Gasteiger partial charge in [-0.3, -0.25) is 9.59 Å². The van der Waals surface area contributed by atoms with E-state index in [-0.39, 0.29) is 23.7 Å². The number of carbonyl (C=O) groups is 2. The molecule has 0 spiro atoms. The molecular weight excluding hydrogens is 198 g/mol. The van der Waals surface area contributed by atoms with Crippen molar-refractivity contribution >= 4 is 11.9 Å². The minimum absolute atomic E-state index is 0.0650. The van der Waals surface area contributed by atoms with Gasteiger partial charge < -0.3 is 15.6 Å². The maximum absolute atomic E-state index is 11.4. The predicted molar refractivity (Wildman–Crippen MR) is 53.0 cm³/mol. The maximum Gasteiger partial charge on any atom is 0.320 e. The lowest BCUT2D eigenvalue weighted by atomic mass is 10.1. The Hall–Kier alpha value is -1.10. The van der Waals surface area contributed by atoms with Crippen molar-refractivity contribution in [1.29, 1.82) is 0 Å². The third kappa shape index (κ3) is 2.28. The minimum atomic E-state index is -1.05. The van der Waals surface area contributed by atoms with Crippen LogP contribution in [0.4, 0.5) is 0 Å². The summed E-state index contributed by atoms with van der Waals surface area (Å²) in [7, 11) is 0. The zero-order valence-electron chi connectivity index (χ0n) is 8.97. The molecule has 0 aromatic carbocycles. The summed E-state index contributed by atoms with van der Waals surface area (Å²) in [6, 6.07) is -0.954. The predicted octanol–water partition coefficient (Wildman–Crippen LogP) is 0.234. The molecule has 0 aromatic rings. The van der Waals surface area contributed by atoms with E-state index < -0.39 is 12.0 Å². The number of nitrogens with two attached hydrogens (primary N) is 1. The molecule has 0 radical (unpaired) electrons. The van der Waals surface area contributed by atoms with E-state index in [1.54, 1.807) is 6.92 Å². The van der Waals surface area contributed by atoms with Gasteiger partial charge in [0.05, 0.1) is 12.5 Å². The van der Waals surface area contributed by atoms with Crippen LogP contribution in [-0.2, 0) is 14.3 Å². The lowest BCUT2D eigenvalue weighted by molar-refractivity contribution is -0.145. The topological polar surface area (TPSA) is 89.6 Å². The number of carboxylic acid groups (broad SMARTS) is 1. The Balaban J connectivity index is 2.60. The second-order valence-corrected chi connectivity index (χ2v) is 3.79. The van der Waals surface area contributed by atoms with E-state index in [0.717, 1.165) is 6.42 Å². The first-order valence-corrected chi connectivity index (χ1v) is 5.19. The average Bonchev–Trinajstić information content (AvgIpc) is 2.90. The molecule has 0 aromatic heterocycles. The van der Waals surface area contributed by atoms with E-state index in [9.17, 15) is 9.59 Å². The summed E-state index contributed by atoms with van der Waals surface area (Å²) in [6.07, 6.45) is 0.759. The third-order valence-corrected chi connectivity index (χ3v) is 2.96. The van der Waals surface area contributed by atoms with Crippen LogP contribution in [0.1, 0.15) is 20.3 Å². The molecule has 0 unspecified atom stereocenters. The van der Waals surface area contributed by atoms with E-state index in [1.807, 2.05) is 6.92 Å². The molecule has 0 aliphatic heterocycles. The van der Waals surface area contributed by atoms with Gasteiger partial charge >= 0.3 is 11.9 Å². The Morgan fingerprint density at radius 2 is 2.07 bits per heavy atom. The molecule has 0 saturated heterocycles. The molecule has 0 heterocycles. The minimum Gasteiger partial charge on any atom is -0.480 e. The van der Waals surface area contributed by atoms with E-state index >= 15 is 0 Å². The van der Waals surface area contributed by atoms with E-state index in [4.69, 9.17) is 15.6 Å². The van der Waals surface area contributed by atoms with Crippen LogP contribution in [0.2, 0.25) is 0 Å². The van der Waals surface area contributed by atoms with Crippen molar-refractivity contribution in [3.8, 4) is 0 Å². The molecule has 1 aliphatic rings. The van der Waals surface area contributed by atoms with Gasteiger partial charge in [-0.2, -0.15) is 0 Å². The maximum atomic E-state index is 11.4. The Kier molecular flexibility index (Phi) is 3.68. The standard InChI is InChI=1S/C10H17NO4/c1-3-5-6(8(11)9(12)13)7(5)10(14)15-4-2/h5-8H,3-4,11H2,1-2H3,(H,12,13)/t5-,6-,7-,8+/m1/s1. The van der Waals surface area contributed by atoms with E-state index in [1.165, 1.54) is 0 Å². The Morgan fingerprint density at radius 3 is 2.47 bits per heavy atom. The van der Waals surface area contributed by atoms with Crippen LogP contribution in [-0.4, -0.2) is 29.7 Å². The van der Waals surface area contributed by atoms with Crippen molar-refractivity contribution in [1.82, 2.24) is 0 Å². The molecule has 0 bridgehead atoms. The summed E-state index contributed by atoms with van der Waals surface area (Å²) in [5.41, 5.74) is 5.50.